The van der Waals surface area contributed by atoms with E-state index in [1.807, 2.05) is 0 Å². The third kappa shape index (κ3) is 1.15. The van der Waals surface area contributed by atoms with E-state index >= 15 is 0 Å². The quantitative estimate of drug-likeness (QED) is 0.395. The molecule has 0 atom stereocenters. The number of aromatic nitrogens is 3. The zero-order chi connectivity index (χ0) is 6.85. The van der Waals surface area contributed by atoms with Crippen molar-refractivity contribution in [3.8, 4) is 0 Å². The van der Waals surface area contributed by atoms with E-state index in [-0.39, 0.29) is 17.8 Å². The van der Waals surface area contributed by atoms with Crippen molar-refractivity contribution in [3.05, 3.63) is 0 Å². The average molecular weight is 127 g/mol. The zero-order valence-corrected chi connectivity index (χ0v) is 4.57. The molecule has 0 saturated heterocycles. The minimum Gasteiger partial charge on any atom is -0.368 e. The fourth-order valence-electron chi connectivity index (χ4n) is 0.427. The Morgan fingerprint density at radius 1 is 0.667 bits per heavy atom. The predicted octanol–water partition coefficient (Wildman–Crippen LogP) is -1.38. The van der Waals surface area contributed by atoms with E-state index < -0.39 is 0 Å². The van der Waals surface area contributed by atoms with Gasteiger partial charge in [-0.2, -0.15) is 15.0 Å². The molecule has 48 valence electrons. The molecule has 0 aliphatic heterocycles. The van der Waals surface area contributed by atoms with Gasteiger partial charge in [-0.1, -0.05) is 0 Å². The van der Waals surface area contributed by atoms with Gasteiger partial charge in [0.25, 0.3) is 0 Å². The van der Waals surface area contributed by atoms with Crippen LogP contribution in [0.1, 0.15) is 0 Å². The maximum atomic E-state index is 5.14. The van der Waals surface area contributed by atoms with Crippen molar-refractivity contribution in [1.29, 1.82) is 0 Å². The summed E-state index contributed by atoms with van der Waals surface area (Å²) in [6, 6.07) is 0. The number of hydrogen-bond donors (Lipinski definition) is 3. The molecule has 1 heterocycles. The molecule has 0 bridgehead atoms. The summed E-state index contributed by atoms with van der Waals surface area (Å²) >= 11 is 0. The molecule has 0 spiro atoms. The first kappa shape index (κ1) is 5.54. The fraction of sp³-hybridized carbons (Fsp3) is 0. The second-order valence-corrected chi connectivity index (χ2v) is 1.41. The molecule has 0 aliphatic rings. The van der Waals surface area contributed by atoms with E-state index in [4.69, 9.17) is 17.2 Å². The second kappa shape index (κ2) is 1.73. The van der Waals surface area contributed by atoms with Gasteiger partial charge in [0, 0.05) is 0 Å². The van der Waals surface area contributed by atoms with Gasteiger partial charge < -0.3 is 17.2 Å². The van der Waals surface area contributed by atoms with E-state index in [1.54, 1.807) is 0 Å². The molecule has 0 saturated carbocycles. The van der Waals surface area contributed by atoms with Gasteiger partial charge >= 0.3 is 0 Å². The Morgan fingerprint density at radius 3 is 1.11 bits per heavy atom. The highest BCUT2D eigenvalue weighted by atomic mass is 15.3. The molecule has 6 nitrogen and oxygen atoms in total. The maximum Gasteiger partial charge on any atom is 0.226 e. The first-order valence-electron chi connectivity index (χ1n) is 2.21. The fourth-order valence-corrected chi connectivity index (χ4v) is 0.427. The van der Waals surface area contributed by atoms with Crippen LogP contribution in [0.5, 0.6) is 0 Å². The van der Waals surface area contributed by atoms with Crippen molar-refractivity contribution in [1.82, 2.24) is 15.0 Å². The van der Waals surface area contributed by atoms with Gasteiger partial charge in [0.1, 0.15) is 0 Å². The first-order chi connectivity index (χ1) is 4.18. The Bertz CT molecular complexity index is 169. The summed E-state index contributed by atoms with van der Waals surface area (Å²) in [6.07, 6.45) is 0. The molecule has 0 aliphatic carbocycles. The normalized spacial score (nSPS) is 9.33. The van der Waals surface area contributed by atoms with Crippen molar-refractivity contribution >= 4 is 17.8 Å². The van der Waals surface area contributed by atoms with Crippen LogP contribution in [0, 0.1) is 0 Å². The van der Waals surface area contributed by atoms with E-state index in [0.717, 1.165) is 0 Å². The highest BCUT2D eigenvalue weighted by molar-refractivity contribution is 5.33. The minimum absolute atomic E-state index is 0.0417. The predicted molar refractivity (Wildman–Crippen MR) is 33.1 cm³/mol. The minimum atomic E-state index is 0.0417. The summed E-state index contributed by atoms with van der Waals surface area (Å²) in [7, 11) is 0. The van der Waals surface area contributed by atoms with Crippen molar-refractivity contribution in [2.75, 3.05) is 17.2 Å². The maximum absolute atomic E-state index is 5.14. The second-order valence-electron chi connectivity index (χ2n) is 1.41. The Balaban J connectivity index is 3.17. The number of hydrogen-bond acceptors (Lipinski definition) is 6. The number of nitrogens with zero attached hydrogens (tertiary/aromatic N) is 3. The molecule has 0 radical (unpaired) electrons. The molecular weight excluding hydrogens is 121 g/mol. The van der Waals surface area contributed by atoms with Crippen LogP contribution < -0.4 is 17.2 Å². The van der Waals surface area contributed by atoms with Crippen molar-refractivity contribution in [2.24, 2.45) is 0 Å². The summed E-state index contributed by atoms with van der Waals surface area (Å²) in [4.78, 5) is 10.5. The molecule has 6 heteroatoms. The van der Waals surface area contributed by atoms with Crippen LogP contribution in [0.25, 0.3) is 0 Å². The third-order valence-electron chi connectivity index (χ3n) is 0.687. The largest absolute Gasteiger partial charge is 0.368 e. The van der Waals surface area contributed by atoms with Gasteiger partial charge in [-0.25, -0.2) is 0 Å². The van der Waals surface area contributed by atoms with Crippen LogP contribution in [-0.2, 0) is 0 Å². The van der Waals surface area contributed by atoms with Gasteiger partial charge in [0.2, 0.25) is 17.8 Å². The van der Waals surface area contributed by atoms with Crippen LogP contribution in [-0.4, -0.2) is 15.0 Å². The van der Waals surface area contributed by atoms with Crippen LogP contribution in [0.2, 0.25) is 0 Å². The Labute approximate surface area is 51.1 Å². The molecule has 1 aromatic rings. The Morgan fingerprint density at radius 2 is 0.889 bits per heavy atom. The summed E-state index contributed by atoms with van der Waals surface area (Å²) in [5.74, 6) is 0.125. The molecule has 0 fully saturated rings. The van der Waals surface area contributed by atoms with Gasteiger partial charge in [0.05, 0.1) is 0 Å². The highest BCUT2D eigenvalue weighted by Gasteiger charge is 1.93. The molecular formula is C3H6N6. The van der Waals surface area contributed by atoms with Crippen molar-refractivity contribution in [3.63, 3.8) is 0 Å². The molecule has 0 aromatic carbocycles. The smallest absolute Gasteiger partial charge is 0.226 e. The lowest BCUT2D eigenvalue weighted by molar-refractivity contribution is 1.09. The number of nitrogens with two attached hydrogens (primary N) is 3. The monoisotopic (exact) mass is 127 g/mol. The molecule has 9 heavy (non-hydrogen) atoms. The summed E-state index contributed by atoms with van der Waals surface area (Å²) in [5, 5.41) is 0. The molecule has 1 aromatic heterocycles. The molecule has 6 N–H and O–H groups in total. The van der Waals surface area contributed by atoms with Crippen molar-refractivity contribution < 1.29 is 0 Å². The molecule has 0 amide bonds. The summed E-state index contributed by atoms with van der Waals surface area (Å²) in [5.41, 5.74) is 15.4. The van der Waals surface area contributed by atoms with Gasteiger partial charge in [-0.15, -0.1) is 0 Å². The zero-order valence-electron chi connectivity index (χ0n) is 4.57. The summed E-state index contributed by atoms with van der Waals surface area (Å²) < 4.78 is 0. The Hall–Kier alpha value is -1.59. The van der Waals surface area contributed by atoms with Crippen LogP contribution >= 0.6 is 0 Å². The standard InChI is InChI=1S/C3H6N6/c4-1-7-2(5)9-3(6)8-1/h(H6,4,5,6,7,8,9)/i1+1. The third-order valence-corrected chi connectivity index (χ3v) is 0.687. The number of anilines is 3. The lowest BCUT2D eigenvalue weighted by atomic mass is 11.0. The van der Waals surface area contributed by atoms with Gasteiger partial charge in [0.15, 0.2) is 0 Å². The average Bonchev–Trinajstić information content (AvgIpc) is 1.59. The SMILES string of the molecule is Nc1nc(N)n[13c](N)n1. The van der Waals surface area contributed by atoms with Crippen LogP contribution in [0.15, 0.2) is 0 Å². The number of nitrogen functional groups attached to an aromatic ring is 3. The van der Waals surface area contributed by atoms with E-state index in [2.05, 4.69) is 15.0 Å². The van der Waals surface area contributed by atoms with Gasteiger partial charge in [-0.05, 0) is 0 Å². The van der Waals surface area contributed by atoms with E-state index in [9.17, 15) is 0 Å². The Kier molecular flexibility index (Phi) is 1.07. The lowest BCUT2D eigenvalue weighted by Gasteiger charge is -1.93. The first-order valence-corrected chi connectivity index (χ1v) is 2.21. The summed E-state index contributed by atoms with van der Waals surface area (Å²) in [6.45, 7) is 0. The molecule has 0 unspecified atom stereocenters. The van der Waals surface area contributed by atoms with Crippen LogP contribution in [0.4, 0.5) is 17.8 Å². The molecule has 1 rings (SSSR count). The topological polar surface area (TPSA) is 117 Å². The van der Waals surface area contributed by atoms with Gasteiger partial charge in [-0.3, -0.25) is 0 Å². The van der Waals surface area contributed by atoms with E-state index in [0.29, 0.717) is 0 Å². The van der Waals surface area contributed by atoms with Crippen molar-refractivity contribution in [2.45, 2.75) is 0 Å². The van der Waals surface area contributed by atoms with E-state index in [1.165, 1.54) is 0 Å². The lowest BCUT2D eigenvalue weighted by Crippen LogP contribution is -2.05. The van der Waals surface area contributed by atoms with Crippen LogP contribution in [0.3, 0.4) is 0 Å². The highest BCUT2D eigenvalue weighted by Crippen LogP contribution is 1.97. The number of rotatable bonds is 0.